The summed E-state index contributed by atoms with van der Waals surface area (Å²) >= 11 is 0. The Hall–Kier alpha value is -2.99. The van der Waals surface area contributed by atoms with E-state index in [1.807, 2.05) is 60.7 Å². The molecule has 2 aromatic carbocycles. The molecule has 0 spiro atoms. The number of likely N-dealkylation sites (tertiary alicyclic amines) is 1. The smallest absolute Gasteiger partial charge is 0.256 e. The van der Waals surface area contributed by atoms with Crippen molar-refractivity contribution in [1.82, 2.24) is 9.91 Å². The van der Waals surface area contributed by atoms with Gasteiger partial charge in [0.15, 0.2) is 0 Å². The average Bonchev–Trinajstić information content (AvgIpc) is 3.02. The fourth-order valence-electron chi connectivity index (χ4n) is 4.54. The SMILES string of the molecule is CN1N=C2CCN(C(=O)C(N)CCc3ccccc3)CC2(Cc2ccccc2)C1=O. The highest BCUT2D eigenvalue weighted by Crippen LogP contribution is 2.38. The molecule has 6 heteroatoms. The standard InChI is InChI=1S/C24H28N4O2/c1-27-23(30)24(16-19-10-6-3-7-11-19)17-28(15-14-21(24)26-27)22(29)20(25)13-12-18-8-4-2-5-9-18/h2-11,20H,12-17,25H2,1H3. The van der Waals surface area contributed by atoms with E-state index in [-0.39, 0.29) is 11.8 Å². The molecule has 2 amide bonds. The number of fused-ring (bicyclic) bond motifs is 1. The minimum Gasteiger partial charge on any atom is -0.339 e. The number of piperidine rings is 1. The molecule has 0 aromatic heterocycles. The fraction of sp³-hybridized carbons (Fsp3) is 0.375. The zero-order valence-electron chi connectivity index (χ0n) is 17.3. The molecule has 156 valence electrons. The first kappa shape index (κ1) is 20.3. The highest BCUT2D eigenvalue weighted by Gasteiger charge is 2.53. The topological polar surface area (TPSA) is 79.0 Å². The summed E-state index contributed by atoms with van der Waals surface area (Å²) < 4.78 is 0. The Morgan fingerprint density at radius 1 is 1.10 bits per heavy atom. The van der Waals surface area contributed by atoms with E-state index in [0.29, 0.717) is 32.4 Å². The molecule has 0 bridgehead atoms. The molecule has 2 unspecified atom stereocenters. The molecule has 2 N–H and O–H groups in total. The van der Waals surface area contributed by atoms with Crippen LogP contribution >= 0.6 is 0 Å². The maximum Gasteiger partial charge on any atom is 0.256 e. The summed E-state index contributed by atoms with van der Waals surface area (Å²) in [6, 6.07) is 19.4. The van der Waals surface area contributed by atoms with Crippen molar-refractivity contribution in [2.24, 2.45) is 16.3 Å². The van der Waals surface area contributed by atoms with E-state index < -0.39 is 11.5 Å². The van der Waals surface area contributed by atoms with E-state index in [4.69, 9.17) is 5.73 Å². The molecule has 2 aliphatic rings. The molecule has 2 aromatic rings. The number of carbonyl (C=O) groups excluding carboxylic acids is 2. The van der Waals surface area contributed by atoms with Gasteiger partial charge in [0.1, 0.15) is 5.41 Å². The number of nitrogens with zero attached hydrogens (tertiary/aromatic N) is 3. The maximum atomic E-state index is 13.2. The normalized spacial score (nSPS) is 21.9. The van der Waals surface area contributed by atoms with Gasteiger partial charge in [0.05, 0.1) is 11.8 Å². The van der Waals surface area contributed by atoms with Crippen LogP contribution in [0.4, 0.5) is 0 Å². The maximum absolute atomic E-state index is 13.2. The van der Waals surface area contributed by atoms with Gasteiger partial charge in [-0.3, -0.25) is 9.59 Å². The first-order chi connectivity index (χ1) is 14.5. The van der Waals surface area contributed by atoms with Gasteiger partial charge in [-0.05, 0) is 30.4 Å². The highest BCUT2D eigenvalue weighted by molar-refractivity contribution is 6.13. The predicted molar refractivity (Wildman–Crippen MR) is 117 cm³/mol. The van der Waals surface area contributed by atoms with Crippen molar-refractivity contribution in [3.05, 3.63) is 71.8 Å². The first-order valence-corrected chi connectivity index (χ1v) is 10.5. The number of hydrogen-bond donors (Lipinski definition) is 1. The fourth-order valence-corrected chi connectivity index (χ4v) is 4.54. The zero-order chi connectivity index (χ0) is 21.1. The lowest BCUT2D eigenvalue weighted by Gasteiger charge is -2.40. The van der Waals surface area contributed by atoms with E-state index in [1.54, 1.807) is 11.9 Å². The van der Waals surface area contributed by atoms with Crippen molar-refractivity contribution in [2.45, 2.75) is 31.7 Å². The molecule has 6 nitrogen and oxygen atoms in total. The number of hydrogen-bond acceptors (Lipinski definition) is 4. The van der Waals surface area contributed by atoms with E-state index in [1.165, 1.54) is 10.6 Å². The van der Waals surface area contributed by atoms with Crippen LogP contribution in [-0.2, 0) is 22.4 Å². The van der Waals surface area contributed by atoms with Crippen molar-refractivity contribution >= 4 is 17.5 Å². The summed E-state index contributed by atoms with van der Waals surface area (Å²) in [6.45, 7) is 0.885. The number of carbonyl (C=O) groups is 2. The van der Waals surface area contributed by atoms with Gasteiger partial charge in [0.2, 0.25) is 5.91 Å². The first-order valence-electron chi connectivity index (χ1n) is 10.5. The van der Waals surface area contributed by atoms with E-state index in [9.17, 15) is 9.59 Å². The average molecular weight is 405 g/mol. The van der Waals surface area contributed by atoms with Crippen LogP contribution in [0.25, 0.3) is 0 Å². The van der Waals surface area contributed by atoms with Crippen LogP contribution in [0, 0.1) is 5.41 Å². The quantitative estimate of drug-likeness (QED) is 0.802. The van der Waals surface area contributed by atoms with E-state index in [0.717, 1.165) is 17.7 Å². The van der Waals surface area contributed by atoms with Gasteiger partial charge in [-0.2, -0.15) is 5.10 Å². The Labute approximate surface area is 177 Å². The third-order valence-corrected chi connectivity index (χ3v) is 6.17. The number of rotatable bonds is 6. The van der Waals surface area contributed by atoms with Crippen LogP contribution in [0.15, 0.2) is 65.8 Å². The third-order valence-electron chi connectivity index (χ3n) is 6.17. The summed E-state index contributed by atoms with van der Waals surface area (Å²) in [6.07, 6.45) is 2.48. The Morgan fingerprint density at radius 2 is 1.73 bits per heavy atom. The second-order valence-electron chi connectivity index (χ2n) is 8.26. The van der Waals surface area contributed by atoms with Crippen molar-refractivity contribution in [3.8, 4) is 0 Å². The molecule has 1 fully saturated rings. The number of benzene rings is 2. The van der Waals surface area contributed by atoms with Crippen molar-refractivity contribution in [1.29, 1.82) is 0 Å². The van der Waals surface area contributed by atoms with Crippen molar-refractivity contribution in [3.63, 3.8) is 0 Å². The Bertz CT molecular complexity index is 944. The molecule has 30 heavy (non-hydrogen) atoms. The summed E-state index contributed by atoms with van der Waals surface area (Å²) in [7, 11) is 1.69. The molecule has 0 aliphatic carbocycles. The molecule has 1 saturated heterocycles. The molecule has 2 heterocycles. The van der Waals surface area contributed by atoms with Crippen LogP contribution in [0.5, 0.6) is 0 Å². The minimum absolute atomic E-state index is 0.0447. The van der Waals surface area contributed by atoms with Gasteiger partial charge >= 0.3 is 0 Å². The van der Waals surface area contributed by atoms with Gasteiger partial charge in [-0.25, -0.2) is 5.01 Å². The van der Waals surface area contributed by atoms with Gasteiger partial charge in [-0.1, -0.05) is 60.7 Å². The van der Waals surface area contributed by atoms with Crippen molar-refractivity contribution in [2.75, 3.05) is 20.1 Å². The molecular weight excluding hydrogens is 376 g/mol. The van der Waals surface area contributed by atoms with Gasteiger partial charge < -0.3 is 10.6 Å². The Balaban J connectivity index is 1.49. The number of hydrazone groups is 1. The number of nitrogens with two attached hydrogens (primary N) is 1. The summed E-state index contributed by atoms with van der Waals surface area (Å²) in [5.41, 5.74) is 8.60. The lowest BCUT2D eigenvalue weighted by Crippen LogP contribution is -2.58. The highest BCUT2D eigenvalue weighted by atomic mass is 16.2. The van der Waals surface area contributed by atoms with Crippen LogP contribution in [0.2, 0.25) is 0 Å². The summed E-state index contributed by atoms with van der Waals surface area (Å²) in [4.78, 5) is 28.1. The Morgan fingerprint density at radius 3 is 2.40 bits per heavy atom. The number of amides is 2. The molecule has 0 radical (unpaired) electrons. The van der Waals surface area contributed by atoms with Crippen LogP contribution in [-0.4, -0.2) is 53.6 Å². The molecule has 0 saturated carbocycles. The second-order valence-corrected chi connectivity index (χ2v) is 8.26. The summed E-state index contributed by atoms with van der Waals surface area (Å²) in [5, 5.41) is 5.94. The van der Waals surface area contributed by atoms with Crippen LogP contribution in [0.1, 0.15) is 24.0 Å². The molecular formula is C24H28N4O2. The molecule has 4 rings (SSSR count). The monoisotopic (exact) mass is 404 g/mol. The predicted octanol–water partition coefficient (Wildman–Crippen LogP) is 2.24. The number of aryl methyl sites for hydroxylation is 1. The summed E-state index contributed by atoms with van der Waals surface area (Å²) in [5.74, 6) is -0.128. The second kappa shape index (κ2) is 8.40. The molecule has 2 atom stereocenters. The van der Waals surface area contributed by atoms with Crippen LogP contribution in [0.3, 0.4) is 0 Å². The zero-order valence-corrected chi connectivity index (χ0v) is 17.3. The lowest BCUT2D eigenvalue weighted by molar-refractivity contribution is -0.140. The van der Waals surface area contributed by atoms with Gasteiger partial charge in [0, 0.05) is 26.6 Å². The molecule has 2 aliphatic heterocycles. The van der Waals surface area contributed by atoms with E-state index in [2.05, 4.69) is 5.10 Å². The van der Waals surface area contributed by atoms with Crippen LogP contribution < -0.4 is 5.73 Å². The van der Waals surface area contributed by atoms with Gasteiger partial charge in [-0.15, -0.1) is 0 Å². The van der Waals surface area contributed by atoms with Crippen molar-refractivity contribution < 1.29 is 9.59 Å². The third kappa shape index (κ3) is 3.87. The minimum atomic E-state index is -0.789. The largest absolute Gasteiger partial charge is 0.339 e. The Kier molecular flexibility index (Phi) is 5.68. The lowest BCUT2D eigenvalue weighted by atomic mass is 9.73. The van der Waals surface area contributed by atoms with Gasteiger partial charge in [0.25, 0.3) is 5.91 Å². The van der Waals surface area contributed by atoms with E-state index >= 15 is 0 Å².